The van der Waals surface area contributed by atoms with Crippen LogP contribution in [-0.4, -0.2) is 49.1 Å². The van der Waals surface area contributed by atoms with Gasteiger partial charge in [-0.15, -0.1) is 35.5 Å². The number of hydrogen-bond donors (Lipinski definition) is 0. The smallest absolute Gasteiger partial charge is 0.0217 e. The molecule has 0 saturated heterocycles. The third-order valence-corrected chi connectivity index (χ3v) is 4.14. The van der Waals surface area contributed by atoms with Crippen LogP contribution in [0.4, 0.5) is 0 Å². The Morgan fingerprint density at radius 3 is 1.05 bits per heavy atom. The zero-order chi connectivity index (χ0) is 15.3. The first kappa shape index (κ1) is 17.0. The highest BCUT2D eigenvalue weighted by Gasteiger charge is 2.05. The molecule has 3 aliphatic heterocycles. The van der Waals surface area contributed by atoms with Gasteiger partial charge in [0.2, 0.25) is 0 Å². The van der Waals surface area contributed by atoms with Crippen LogP contribution >= 0.6 is 0 Å². The molecule has 2 bridgehead atoms. The number of rotatable bonds is 0. The minimum Gasteiger partial charge on any atom is -0.301 e. The summed E-state index contributed by atoms with van der Waals surface area (Å²) in [4.78, 5) is 5.02. The lowest BCUT2D eigenvalue weighted by molar-refractivity contribution is 0.281. The molecule has 22 heavy (non-hydrogen) atoms. The number of nitrogens with zero attached hydrogens (tertiary/aromatic N) is 2. The maximum Gasteiger partial charge on any atom is 0.0217 e. The number of fused-ring (bicyclic) bond motifs is 14. The Labute approximate surface area is 136 Å². The second-order valence-electron chi connectivity index (χ2n) is 5.95. The monoisotopic (exact) mass is 296 g/mol. The molecule has 3 rings (SSSR count). The van der Waals surface area contributed by atoms with Crippen molar-refractivity contribution in [2.45, 2.75) is 51.4 Å². The maximum absolute atomic E-state index is 3.35. The summed E-state index contributed by atoms with van der Waals surface area (Å²) in [5, 5.41) is 0. The molecule has 0 spiro atoms. The summed E-state index contributed by atoms with van der Waals surface area (Å²) in [5.74, 6) is 20.1. The van der Waals surface area contributed by atoms with Crippen LogP contribution in [0.1, 0.15) is 51.4 Å². The largest absolute Gasteiger partial charge is 0.301 e. The molecule has 3 heterocycles. The molecule has 0 N–H and O–H groups in total. The predicted octanol–water partition coefficient (Wildman–Crippen LogP) is 2.75. The Bertz CT molecular complexity index is 421. The summed E-state index contributed by atoms with van der Waals surface area (Å²) in [6.45, 7) is 6.56. The highest BCUT2D eigenvalue weighted by Crippen LogP contribution is 2.02. The lowest BCUT2D eigenvalue weighted by Crippen LogP contribution is -2.28. The standard InChI is InChI=1S/C20H28N2/c1-2-4-10-16-22-19-13-7-5-11-17-21(15-9-3-1)18-12-6-8-14-20-22/h3-4,9-20H2. The zero-order valence-corrected chi connectivity index (χ0v) is 13.8. The van der Waals surface area contributed by atoms with Gasteiger partial charge in [-0.25, -0.2) is 0 Å². The van der Waals surface area contributed by atoms with E-state index in [-0.39, 0.29) is 0 Å². The van der Waals surface area contributed by atoms with E-state index in [4.69, 9.17) is 0 Å². The van der Waals surface area contributed by atoms with Crippen LogP contribution in [0.15, 0.2) is 0 Å². The van der Waals surface area contributed by atoms with Gasteiger partial charge in [0, 0.05) is 64.7 Å². The third-order valence-electron chi connectivity index (χ3n) is 4.14. The molecular formula is C20H28N2. The Morgan fingerprint density at radius 1 is 0.364 bits per heavy atom. The summed E-state index contributed by atoms with van der Waals surface area (Å²) in [6, 6.07) is 0. The molecular weight excluding hydrogens is 268 g/mol. The van der Waals surface area contributed by atoms with E-state index in [2.05, 4.69) is 45.3 Å². The van der Waals surface area contributed by atoms with Crippen molar-refractivity contribution < 1.29 is 0 Å². The Kier molecular flexibility index (Phi) is 8.64. The number of hydrogen-bond acceptors (Lipinski definition) is 2. The summed E-state index contributed by atoms with van der Waals surface area (Å²) in [5.41, 5.74) is 0. The fourth-order valence-corrected chi connectivity index (χ4v) is 2.84. The molecule has 0 saturated carbocycles. The average Bonchev–Trinajstić information content (AvgIpc) is 2.52. The van der Waals surface area contributed by atoms with Crippen molar-refractivity contribution >= 4 is 0 Å². The van der Waals surface area contributed by atoms with Crippen molar-refractivity contribution in [3.8, 4) is 35.5 Å². The van der Waals surface area contributed by atoms with Crippen molar-refractivity contribution in [3.05, 3.63) is 0 Å². The van der Waals surface area contributed by atoms with Crippen molar-refractivity contribution in [1.29, 1.82) is 0 Å². The molecule has 0 aliphatic carbocycles. The van der Waals surface area contributed by atoms with E-state index in [1.54, 1.807) is 0 Å². The van der Waals surface area contributed by atoms with E-state index >= 15 is 0 Å². The van der Waals surface area contributed by atoms with Gasteiger partial charge >= 0.3 is 0 Å². The highest BCUT2D eigenvalue weighted by atomic mass is 15.1. The van der Waals surface area contributed by atoms with Crippen LogP contribution in [0.25, 0.3) is 0 Å². The van der Waals surface area contributed by atoms with Crippen LogP contribution in [0.3, 0.4) is 0 Å². The molecule has 0 amide bonds. The quantitative estimate of drug-likeness (QED) is 0.634. The second-order valence-corrected chi connectivity index (χ2v) is 5.95. The Balaban J connectivity index is 2.03. The third kappa shape index (κ3) is 7.56. The van der Waals surface area contributed by atoms with Crippen molar-refractivity contribution in [2.24, 2.45) is 0 Å². The predicted molar refractivity (Wildman–Crippen MR) is 93.1 cm³/mol. The first-order valence-electron chi connectivity index (χ1n) is 8.77. The first-order valence-corrected chi connectivity index (χ1v) is 8.77. The van der Waals surface area contributed by atoms with Gasteiger partial charge in [0.05, 0.1) is 0 Å². The Morgan fingerprint density at radius 2 is 0.682 bits per heavy atom. The lowest BCUT2D eigenvalue weighted by Gasteiger charge is -2.21. The molecule has 0 fully saturated rings. The summed E-state index contributed by atoms with van der Waals surface area (Å²) >= 11 is 0. The fourth-order valence-electron chi connectivity index (χ4n) is 2.84. The van der Waals surface area contributed by atoms with E-state index in [0.717, 1.165) is 77.8 Å². The van der Waals surface area contributed by atoms with Crippen molar-refractivity contribution in [3.63, 3.8) is 0 Å². The van der Waals surface area contributed by atoms with Gasteiger partial charge in [0.15, 0.2) is 0 Å². The van der Waals surface area contributed by atoms with Gasteiger partial charge < -0.3 is 9.80 Å². The van der Waals surface area contributed by atoms with E-state index in [0.29, 0.717) is 0 Å². The van der Waals surface area contributed by atoms with Crippen LogP contribution in [0.5, 0.6) is 0 Å². The minimum atomic E-state index is 0.985. The van der Waals surface area contributed by atoms with Crippen LogP contribution in [-0.2, 0) is 0 Å². The molecule has 118 valence electrons. The van der Waals surface area contributed by atoms with Crippen LogP contribution < -0.4 is 0 Å². The summed E-state index contributed by atoms with van der Waals surface area (Å²) in [6.07, 6.45) is 8.32. The van der Waals surface area contributed by atoms with E-state index in [9.17, 15) is 0 Å². The minimum absolute atomic E-state index is 0.985. The maximum atomic E-state index is 3.35. The highest BCUT2D eigenvalue weighted by molar-refractivity contribution is 5.03. The van der Waals surface area contributed by atoms with E-state index in [1.807, 2.05) is 0 Å². The van der Waals surface area contributed by atoms with Gasteiger partial charge in [-0.2, -0.15) is 0 Å². The summed E-state index contributed by atoms with van der Waals surface area (Å²) in [7, 11) is 0. The molecule has 0 aromatic heterocycles. The van der Waals surface area contributed by atoms with E-state index < -0.39 is 0 Å². The molecule has 0 radical (unpaired) electrons. The van der Waals surface area contributed by atoms with Crippen molar-refractivity contribution in [2.75, 3.05) is 39.3 Å². The SMILES string of the molecule is C1#CCCCN2CCC#CCCN(CCC#CCC2)CCC1. The lowest BCUT2D eigenvalue weighted by atomic mass is 10.2. The topological polar surface area (TPSA) is 6.48 Å². The molecule has 0 aromatic rings. The normalized spacial score (nSPS) is 27.3. The molecule has 3 aliphatic rings. The van der Waals surface area contributed by atoms with Gasteiger partial charge in [0.1, 0.15) is 0 Å². The van der Waals surface area contributed by atoms with Gasteiger partial charge in [-0.1, -0.05) is 0 Å². The van der Waals surface area contributed by atoms with Gasteiger partial charge in [-0.05, 0) is 25.9 Å². The van der Waals surface area contributed by atoms with Gasteiger partial charge in [-0.3, -0.25) is 0 Å². The molecule has 0 aromatic carbocycles. The molecule has 2 nitrogen and oxygen atoms in total. The van der Waals surface area contributed by atoms with Crippen LogP contribution in [0, 0.1) is 35.5 Å². The second kappa shape index (κ2) is 11.2. The average molecular weight is 296 g/mol. The molecule has 0 unspecified atom stereocenters. The fraction of sp³-hybridized carbons (Fsp3) is 0.700. The summed E-state index contributed by atoms with van der Waals surface area (Å²) < 4.78 is 0. The van der Waals surface area contributed by atoms with Gasteiger partial charge in [0.25, 0.3) is 0 Å². The first-order chi connectivity index (χ1) is 10.9. The Hall–Kier alpha value is -1.40. The molecule has 2 heteroatoms. The van der Waals surface area contributed by atoms with Crippen molar-refractivity contribution in [1.82, 2.24) is 9.80 Å². The molecule has 0 atom stereocenters. The van der Waals surface area contributed by atoms with E-state index in [1.165, 1.54) is 12.8 Å². The zero-order valence-electron chi connectivity index (χ0n) is 13.8. The van der Waals surface area contributed by atoms with Crippen LogP contribution in [0.2, 0.25) is 0 Å².